The zero-order valence-corrected chi connectivity index (χ0v) is 15.6. The van der Waals surface area contributed by atoms with Gasteiger partial charge in [0, 0.05) is 23.0 Å². The van der Waals surface area contributed by atoms with Crippen molar-refractivity contribution < 1.29 is 4.79 Å². The van der Waals surface area contributed by atoms with Gasteiger partial charge in [-0.3, -0.25) is 4.79 Å². The lowest BCUT2D eigenvalue weighted by Crippen LogP contribution is -2.11. The molecule has 2 aromatic heterocycles. The molecular formula is C23H15N3OS. The lowest BCUT2D eigenvalue weighted by Gasteiger charge is -2.07. The van der Waals surface area contributed by atoms with E-state index >= 15 is 0 Å². The fourth-order valence-corrected chi connectivity index (χ4v) is 4.06. The zero-order chi connectivity index (χ0) is 18.9. The molecule has 0 aliphatic rings. The van der Waals surface area contributed by atoms with Gasteiger partial charge in [-0.15, -0.1) is 0 Å². The Hall–Kier alpha value is -3.57. The fraction of sp³-hybridized carbons (Fsp3) is 0. The largest absolute Gasteiger partial charge is 0.322 e. The summed E-state index contributed by atoms with van der Waals surface area (Å²) in [5, 5.41) is 6.04. The van der Waals surface area contributed by atoms with Crippen LogP contribution in [0.15, 0.2) is 85.1 Å². The molecule has 4 nitrogen and oxygen atoms in total. The van der Waals surface area contributed by atoms with Crippen LogP contribution in [0.4, 0.5) is 5.69 Å². The normalized spacial score (nSPS) is 11.0. The van der Waals surface area contributed by atoms with Crippen LogP contribution in [0.1, 0.15) is 10.4 Å². The molecule has 0 fully saturated rings. The maximum absolute atomic E-state index is 12.7. The quantitative estimate of drug-likeness (QED) is 0.432. The number of hydrogen-bond donors (Lipinski definition) is 1. The second-order valence-electron chi connectivity index (χ2n) is 6.44. The van der Waals surface area contributed by atoms with Gasteiger partial charge < -0.3 is 5.32 Å². The molecule has 0 aliphatic carbocycles. The van der Waals surface area contributed by atoms with E-state index < -0.39 is 0 Å². The number of fused-ring (bicyclic) bond motifs is 2. The highest BCUT2D eigenvalue weighted by Gasteiger charge is 2.10. The van der Waals surface area contributed by atoms with Gasteiger partial charge in [-0.2, -0.15) is 0 Å². The summed E-state index contributed by atoms with van der Waals surface area (Å²) in [6.07, 6.45) is 1.77. The molecule has 5 rings (SSSR count). The Morgan fingerprint density at radius 1 is 0.857 bits per heavy atom. The van der Waals surface area contributed by atoms with Crippen LogP contribution in [0.5, 0.6) is 0 Å². The van der Waals surface area contributed by atoms with Gasteiger partial charge in [0.25, 0.3) is 5.91 Å². The van der Waals surface area contributed by atoms with Crippen molar-refractivity contribution >= 4 is 44.1 Å². The second-order valence-corrected chi connectivity index (χ2v) is 7.42. The van der Waals surface area contributed by atoms with Gasteiger partial charge in [0.15, 0.2) is 0 Å². The average Bonchev–Trinajstić information content (AvgIpc) is 3.18. The maximum atomic E-state index is 12.7. The highest BCUT2D eigenvalue weighted by molar-refractivity contribution is 7.21. The molecular weight excluding hydrogens is 366 g/mol. The third-order valence-corrected chi connectivity index (χ3v) is 5.57. The molecule has 28 heavy (non-hydrogen) atoms. The van der Waals surface area contributed by atoms with E-state index in [9.17, 15) is 4.79 Å². The number of aromatic nitrogens is 2. The van der Waals surface area contributed by atoms with E-state index in [1.165, 1.54) is 0 Å². The molecule has 0 atom stereocenters. The minimum atomic E-state index is -0.131. The first-order chi connectivity index (χ1) is 13.8. The standard InChI is InChI=1S/C23H15N3OS/c27-21(17-11-10-15-5-1-2-6-16(15)13-17)25-19-8-3-7-18(14-19)22-26-20-9-4-12-24-23(20)28-22/h1-14H,(H,25,27). The lowest BCUT2D eigenvalue weighted by atomic mass is 10.1. The molecule has 2 heterocycles. The number of carbonyl (C=O) groups excluding carboxylic acids is 1. The summed E-state index contributed by atoms with van der Waals surface area (Å²) in [5.41, 5.74) is 3.21. The van der Waals surface area contributed by atoms with E-state index in [0.29, 0.717) is 5.56 Å². The minimum Gasteiger partial charge on any atom is -0.322 e. The van der Waals surface area contributed by atoms with Gasteiger partial charge in [-0.25, -0.2) is 9.97 Å². The molecule has 0 bridgehead atoms. The van der Waals surface area contributed by atoms with E-state index in [4.69, 9.17) is 0 Å². The van der Waals surface area contributed by atoms with Gasteiger partial charge in [0.2, 0.25) is 0 Å². The van der Waals surface area contributed by atoms with Crippen LogP contribution in [-0.2, 0) is 0 Å². The van der Waals surface area contributed by atoms with E-state index in [0.717, 1.165) is 37.4 Å². The number of thiazole rings is 1. The summed E-state index contributed by atoms with van der Waals surface area (Å²) in [6, 6.07) is 25.3. The number of carbonyl (C=O) groups is 1. The molecule has 0 unspecified atom stereocenters. The van der Waals surface area contributed by atoms with Crippen molar-refractivity contribution in [2.24, 2.45) is 0 Å². The maximum Gasteiger partial charge on any atom is 0.255 e. The number of anilines is 1. The van der Waals surface area contributed by atoms with Crippen molar-refractivity contribution in [2.75, 3.05) is 5.32 Å². The van der Waals surface area contributed by atoms with Crippen molar-refractivity contribution in [3.8, 4) is 10.6 Å². The molecule has 1 amide bonds. The summed E-state index contributed by atoms with van der Waals surface area (Å²) >= 11 is 1.54. The van der Waals surface area contributed by atoms with Gasteiger partial charge >= 0.3 is 0 Å². The third-order valence-electron chi connectivity index (χ3n) is 4.55. The Labute approximate surface area is 165 Å². The van der Waals surface area contributed by atoms with E-state index in [-0.39, 0.29) is 5.91 Å². The smallest absolute Gasteiger partial charge is 0.255 e. The van der Waals surface area contributed by atoms with Crippen LogP contribution in [0.3, 0.4) is 0 Å². The number of hydrogen-bond acceptors (Lipinski definition) is 4. The molecule has 0 radical (unpaired) electrons. The Morgan fingerprint density at radius 3 is 2.64 bits per heavy atom. The Morgan fingerprint density at radius 2 is 1.75 bits per heavy atom. The highest BCUT2D eigenvalue weighted by Crippen LogP contribution is 2.30. The topological polar surface area (TPSA) is 54.9 Å². The SMILES string of the molecule is O=C(Nc1cccc(-c2nc3cccnc3s2)c1)c1ccc2ccccc2c1. The predicted molar refractivity (Wildman–Crippen MR) is 115 cm³/mol. The summed E-state index contributed by atoms with van der Waals surface area (Å²) in [6.45, 7) is 0. The van der Waals surface area contributed by atoms with Crippen LogP contribution >= 0.6 is 11.3 Å². The molecule has 1 N–H and O–H groups in total. The summed E-state index contributed by atoms with van der Waals surface area (Å²) in [7, 11) is 0. The van der Waals surface area contributed by atoms with E-state index in [2.05, 4.69) is 15.3 Å². The Balaban J connectivity index is 1.43. The third kappa shape index (κ3) is 3.12. The predicted octanol–water partition coefficient (Wildman–Crippen LogP) is 5.76. The number of pyridine rings is 1. The molecule has 5 heteroatoms. The first-order valence-electron chi connectivity index (χ1n) is 8.88. The number of nitrogens with zero attached hydrogens (tertiary/aromatic N) is 2. The van der Waals surface area contributed by atoms with Crippen LogP contribution in [0.25, 0.3) is 31.7 Å². The van der Waals surface area contributed by atoms with E-state index in [1.54, 1.807) is 17.5 Å². The van der Waals surface area contributed by atoms with Crippen molar-refractivity contribution in [1.29, 1.82) is 0 Å². The highest BCUT2D eigenvalue weighted by atomic mass is 32.1. The number of amides is 1. The van der Waals surface area contributed by atoms with Crippen molar-refractivity contribution in [3.05, 3.63) is 90.6 Å². The molecule has 3 aromatic carbocycles. The molecule has 0 spiro atoms. The Kier molecular flexibility index (Phi) is 4.07. The summed E-state index contributed by atoms with van der Waals surface area (Å²) < 4.78 is 0. The van der Waals surface area contributed by atoms with Crippen LogP contribution in [0, 0.1) is 0 Å². The molecule has 5 aromatic rings. The summed E-state index contributed by atoms with van der Waals surface area (Å²) in [4.78, 5) is 22.6. The first-order valence-corrected chi connectivity index (χ1v) is 9.70. The van der Waals surface area contributed by atoms with Crippen LogP contribution < -0.4 is 5.32 Å². The molecule has 0 saturated carbocycles. The zero-order valence-electron chi connectivity index (χ0n) is 14.8. The second kappa shape index (κ2) is 6.87. The number of benzene rings is 3. The molecule has 0 aliphatic heterocycles. The van der Waals surface area contributed by atoms with Crippen molar-refractivity contribution in [1.82, 2.24) is 9.97 Å². The molecule has 134 valence electrons. The Bertz CT molecular complexity index is 1290. The average molecular weight is 381 g/mol. The van der Waals surface area contributed by atoms with Gasteiger partial charge in [-0.1, -0.05) is 53.8 Å². The lowest BCUT2D eigenvalue weighted by molar-refractivity contribution is 0.102. The van der Waals surface area contributed by atoms with Gasteiger partial charge in [0.05, 0.1) is 0 Å². The first kappa shape index (κ1) is 16.6. The molecule has 0 saturated heterocycles. The summed E-state index contributed by atoms with van der Waals surface area (Å²) in [5.74, 6) is -0.131. The van der Waals surface area contributed by atoms with Crippen molar-refractivity contribution in [2.45, 2.75) is 0 Å². The monoisotopic (exact) mass is 381 g/mol. The fourth-order valence-electron chi connectivity index (χ4n) is 3.16. The minimum absolute atomic E-state index is 0.131. The number of nitrogens with one attached hydrogen (secondary N) is 1. The number of rotatable bonds is 3. The van der Waals surface area contributed by atoms with Crippen LogP contribution in [0.2, 0.25) is 0 Å². The van der Waals surface area contributed by atoms with Crippen LogP contribution in [-0.4, -0.2) is 15.9 Å². The van der Waals surface area contributed by atoms with E-state index in [1.807, 2.05) is 78.9 Å². The van der Waals surface area contributed by atoms with Gasteiger partial charge in [0.1, 0.15) is 15.4 Å². The van der Waals surface area contributed by atoms with Crippen molar-refractivity contribution in [3.63, 3.8) is 0 Å². The van der Waals surface area contributed by atoms with Gasteiger partial charge in [-0.05, 0) is 47.2 Å².